The molecule has 0 radical (unpaired) electrons. The highest BCUT2D eigenvalue weighted by atomic mass is 16.4. The zero-order valence-corrected chi connectivity index (χ0v) is 8.98. The van der Waals surface area contributed by atoms with Crippen LogP contribution in [0.5, 0.6) is 0 Å². The second-order valence-corrected chi connectivity index (χ2v) is 4.05. The second kappa shape index (κ2) is 5.11. The second-order valence-electron chi connectivity index (χ2n) is 4.05. The Bertz CT molecular complexity index is 255. The van der Waals surface area contributed by atoms with Crippen molar-refractivity contribution in [3.63, 3.8) is 0 Å². The van der Waals surface area contributed by atoms with E-state index in [1.807, 2.05) is 0 Å². The molecule has 1 heterocycles. The van der Waals surface area contributed by atoms with Gasteiger partial charge in [-0.15, -0.1) is 0 Å². The maximum Gasteiger partial charge on any atom is 0.308 e. The molecule has 3 N–H and O–H groups in total. The van der Waals surface area contributed by atoms with Gasteiger partial charge in [0.05, 0.1) is 5.92 Å². The lowest BCUT2D eigenvalue weighted by molar-refractivity contribution is -0.145. The largest absolute Gasteiger partial charge is 0.481 e. The third kappa shape index (κ3) is 2.92. The molecule has 0 aliphatic carbocycles. The zero-order valence-electron chi connectivity index (χ0n) is 8.98. The number of carbonyl (C=O) groups excluding carboxylic acids is 1. The predicted octanol–water partition coefficient (Wildman–Crippen LogP) is -0.0956. The van der Waals surface area contributed by atoms with Gasteiger partial charge in [-0.2, -0.15) is 0 Å². The fraction of sp³-hybridized carbons (Fsp3) is 0.800. The van der Waals surface area contributed by atoms with Crippen LogP contribution in [0.4, 0.5) is 0 Å². The minimum absolute atomic E-state index is 0.00477. The van der Waals surface area contributed by atoms with Crippen LogP contribution < -0.4 is 5.73 Å². The molecule has 1 aliphatic rings. The third-order valence-electron chi connectivity index (χ3n) is 3.04. The molecule has 0 aromatic carbocycles. The molecule has 0 aromatic heterocycles. The van der Waals surface area contributed by atoms with Crippen LogP contribution in [0.1, 0.15) is 19.8 Å². The molecule has 1 amide bonds. The maximum absolute atomic E-state index is 11.2. The quantitative estimate of drug-likeness (QED) is 0.687. The van der Waals surface area contributed by atoms with Gasteiger partial charge in [-0.1, -0.05) is 0 Å². The van der Waals surface area contributed by atoms with E-state index < -0.39 is 11.9 Å². The summed E-state index contributed by atoms with van der Waals surface area (Å²) in [4.78, 5) is 23.8. The molecule has 2 atom stereocenters. The average Bonchev–Trinajstić information content (AvgIpc) is 2.18. The van der Waals surface area contributed by atoms with E-state index in [4.69, 9.17) is 10.8 Å². The summed E-state index contributed by atoms with van der Waals surface area (Å²) in [5, 5.41) is 8.97. The Hall–Kier alpha value is -1.10. The molecule has 5 heteroatoms. The number of carboxylic acid groups (broad SMARTS) is 1. The van der Waals surface area contributed by atoms with Gasteiger partial charge in [0, 0.05) is 26.6 Å². The van der Waals surface area contributed by atoms with Crippen LogP contribution in [0, 0.1) is 11.8 Å². The summed E-state index contributed by atoms with van der Waals surface area (Å²) in [5.41, 5.74) is 5.44. The molecular formula is C10H18N2O3. The summed E-state index contributed by atoms with van der Waals surface area (Å²) >= 11 is 0. The first-order valence-electron chi connectivity index (χ1n) is 5.24. The van der Waals surface area contributed by atoms with Crippen LogP contribution in [0.15, 0.2) is 0 Å². The number of aliphatic carboxylic acids is 1. The van der Waals surface area contributed by atoms with Gasteiger partial charge in [0.1, 0.15) is 0 Å². The van der Waals surface area contributed by atoms with Crippen molar-refractivity contribution in [1.82, 2.24) is 4.90 Å². The number of amides is 1. The van der Waals surface area contributed by atoms with Crippen molar-refractivity contribution in [3.05, 3.63) is 0 Å². The summed E-state index contributed by atoms with van der Waals surface area (Å²) in [7, 11) is 0. The number of carbonyl (C=O) groups is 2. The van der Waals surface area contributed by atoms with Crippen molar-refractivity contribution >= 4 is 11.9 Å². The van der Waals surface area contributed by atoms with Gasteiger partial charge < -0.3 is 15.7 Å². The molecule has 1 saturated heterocycles. The van der Waals surface area contributed by atoms with Crippen molar-refractivity contribution in [2.75, 3.05) is 19.6 Å². The first kappa shape index (κ1) is 12.0. The Morgan fingerprint density at radius 3 is 2.73 bits per heavy atom. The van der Waals surface area contributed by atoms with Crippen LogP contribution in [0.2, 0.25) is 0 Å². The molecular weight excluding hydrogens is 196 g/mol. The molecule has 15 heavy (non-hydrogen) atoms. The van der Waals surface area contributed by atoms with Crippen molar-refractivity contribution < 1.29 is 14.7 Å². The normalized spacial score (nSPS) is 23.6. The zero-order chi connectivity index (χ0) is 11.4. The van der Waals surface area contributed by atoms with Crippen LogP contribution >= 0.6 is 0 Å². The number of piperidine rings is 1. The number of nitrogens with two attached hydrogens (primary N) is 1. The van der Waals surface area contributed by atoms with E-state index in [0.717, 1.165) is 19.4 Å². The molecule has 0 bridgehead atoms. The van der Waals surface area contributed by atoms with E-state index in [-0.39, 0.29) is 18.4 Å². The van der Waals surface area contributed by atoms with Crippen LogP contribution in [0.3, 0.4) is 0 Å². The summed E-state index contributed by atoms with van der Waals surface area (Å²) in [6.07, 6.45) is 1.71. The lowest BCUT2D eigenvalue weighted by Gasteiger charge is -2.34. The average molecular weight is 214 g/mol. The standard InChI is InChI=1S/C10H18N2O3/c1-7(13)12-4-2-3-8(6-12)9(5-11)10(14)15/h8-9H,2-6,11H2,1H3,(H,14,15). The topological polar surface area (TPSA) is 83.6 Å². The van der Waals surface area contributed by atoms with Crippen molar-refractivity contribution in [3.8, 4) is 0 Å². The Morgan fingerprint density at radius 1 is 1.60 bits per heavy atom. The van der Waals surface area contributed by atoms with Gasteiger partial charge in [0.15, 0.2) is 0 Å². The number of likely N-dealkylation sites (tertiary alicyclic amines) is 1. The van der Waals surface area contributed by atoms with E-state index in [0.29, 0.717) is 6.54 Å². The van der Waals surface area contributed by atoms with Crippen molar-refractivity contribution in [1.29, 1.82) is 0 Å². The van der Waals surface area contributed by atoms with Crippen LogP contribution in [0.25, 0.3) is 0 Å². The van der Waals surface area contributed by atoms with Crippen molar-refractivity contribution in [2.45, 2.75) is 19.8 Å². The number of hydrogen-bond donors (Lipinski definition) is 2. The molecule has 1 aliphatic heterocycles. The van der Waals surface area contributed by atoms with Gasteiger partial charge in [-0.3, -0.25) is 9.59 Å². The molecule has 0 aromatic rings. The first-order valence-corrected chi connectivity index (χ1v) is 5.24. The van der Waals surface area contributed by atoms with Gasteiger partial charge in [0.2, 0.25) is 5.91 Å². The van der Waals surface area contributed by atoms with Crippen molar-refractivity contribution in [2.24, 2.45) is 17.6 Å². The van der Waals surface area contributed by atoms with Gasteiger partial charge in [-0.25, -0.2) is 0 Å². The lowest BCUT2D eigenvalue weighted by Crippen LogP contribution is -2.44. The third-order valence-corrected chi connectivity index (χ3v) is 3.04. The predicted molar refractivity (Wildman–Crippen MR) is 55.2 cm³/mol. The monoisotopic (exact) mass is 214 g/mol. The van der Waals surface area contributed by atoms with Gasteiger partial charge in [0.25, 0.3) is 0 Å². The fourth-order valence-corrected chi connectivity index (χ4v) is 2.12. The highest BCUT2D eigenvalue weighted by Crippen LogP contribution is 2.23. The van der Waals surface area contributed by atoms with Crippen LogP contribution in [-0.2, 0) is 9.59 Å². The highest BCUT2D eigenvalue weighted by molar-refractivity contribution is 5.74. The number of rotatable bonds is 3. The SMILES string of the molecule is CC(=O)N1CCCC(C(CN)C(=O)O)C1. The number of hydrogen-bond acceptors (Lipinski definition) is 3. The molecule has 0 spiro atoms. The lowest BCUT2D eigenvalue weighted by atomic mass is 9.85. The molecule has 2 unspecified atom stereocenters. The Kier molecular flexibility index (Phi) is 4.08. The summed E-state index contributed by atoms with van der Waals surface area (Å²) in [6, 6.07) is 0. The smallest absolute Gasteiger partial charge is 0.308 e. The Labute approximate surface area is 89.2 Å². The Morgan fingerprint density at radius 2 is 2.27 bits per heavy atom. The minimum Gasteiger partial charge on any atom is -0.481 e. The van der Waals surface area contributed by atoms with Gasteiger partial charge in [-0.05, 0) is 18.8 Å². The summed E-state index contributed by atoms with van der Waals surface area (Å²) < 4.78 is 0. The molecule has 1 fully saturated rings. The van der Waals surface area contributed by atoms with E-state index >= 15 is 0 Å². The van der Waals surface area contributed by atoms with E-state index in [1.165, 1.54) is 6.92 Å². The first-order chi connectivity index (χ1) is 7.06. The molecule has 5 nitrogen and oxygen atoms in total. The summed E-state index contributed by atoms with van der Waals surface area (Å²) in [5.74, 6) is -1.36. The maximum atomic E-state index is 11.2. The Balaban J connectivity index is 2.62. The highest BCUT2D eigenvalue weighted by Gasteiger charge is 2.31. The van der Waals surface area contributed by atoms with E-state index in [9.17, 15) is 9.59 Å². The number of carboxylic acids is 1. The molecule has 86 valence electrons. The van der Waals surface area contributed by atoms with E-state index in [1.54, 1.807) is 4.90 Å². The molecule has 0 saturated carbocycles. The summed E-state index contributed by atoms with van der Waals surface area (Å²) in [6.45, 7) is 2.93. The van der Waals surface area contributed by atoms with E-state index in [2.05, 4.69) is 0 Å². The number of nitrogens with zero attached hydrogens (tertiary/aromatic N) is 1. The fourth-order valence-electron chi connectivity index (χ4n) is 2.12. The minimum atomic E-state index is -0.854. The van der Waals surface area contributed by atoms with Crippen LogP contribution in [-0.4, -0.2) is 41.5 Å². The van der Waals surface area contributed by atoms with Gasteiger partial charge >= 0.3 is 5.97 Å². The molecule has 1 rings (SSSR count).